The predicted molar refractivity (Wildman–Crippen MR) is 7.23 cm³/mol. The van der Waals surface area contributed by atoms with Gasteiger partial charge in [-0.15, -0.1) is 0 Å². The van der Waals surface area contributed by atoms with E-state index in [1.165, 1.54) is 0 Å². The largest absolute Gasteiger partial charge is 2.00 e. The quantitative estimate of drug-likeness (QED) is 0.321. The monoisotopic (exact) mass is 275 g/mol. The van der Waals surface area contributed by atoms with Crippen molar-refractivity contribution in [2.75, 3.05) is 0 Å². The maximum atomic E-state index is 8.57. The van der Waals surface area contributed by atoms with Crippen molar-refractivity contribution in [3.05, 3.63) is 0 Å². The van der Waals surface area contributed by atoms with E-state index >= 15 is 0 Å². The van der Waals surface area contributed by atoms with Gasteiger partial charge in [0.05, 0.1) is 0 Å². The Morgan fingerprint density at radius 2 is 0.857 bits per heavy atom. The van der Waals surface area contributed by atoms with Crippen LogP contribution in [0.1, 0.15) is 0 Å². The molecule has 0 aromatic rings. The Kier molecular flexibility index (Phi) is 54.2. The molecule has 7 heteroatoms. The van der Waals surface area contributed by atoms with Crippen LogP contribution in [0.3, 0.4) is 0 Å². The maximum Gasteiger partial charge on any atom is 2.00 e. The Hall–Kier alpha value is 1.15. The van der Waals surface area contributed by atoms with Crippen molar-refractivity contribution in [2.24, 2.45) is 0 Å². The zero-order chi connectivity index (χ0) is 3.58. The van der Waals surface area contributed by atoms with E-state index in [4.69, 9.17) is 10.3 Å². The fraction of sp³-hybridized carbons (Fsp3) is 0. The van der Waals surface area contributed by atoms with Crippen LogP contribution >= 0.6 is 0 Å². The van der Waals surface area contributed by atoms with Gasteiger partial charge in [0.15, 0.2) is 0 Å². The van der Waals surface area contributed by atoms with Crippen molar-refractivity contribution < 1.29 is 61.8 Å². The Bertz CT molecular complexity index is 12.8. The zero-order valence-electron chi connectivity index (χ0n) is 3.31. The summed E-state index contributed by atoms with van der Waals surface area (Å²) in [5.74, 6) is 0. The van der Waals surface area contributed by atoms with Crippen LogP contribution in [0.4, 0.5) is 0 Å². The van der Waals surface area contributed by atoms with Crippen molar-refractivity contribution in [1.29, 1.82) is 0 Å². The van der Waals surface area contributed by atoms with Crippen LogP contribution in [0.25, 0.3) is 0 Å². The average Bonchev–Trinajstić information content (AvgIpc) is 0.811. The standard InChI is InChI=1S/IO3.2H2O.Zn/c2-1(3)4;;;/h;2*1H2;/q-1;;;+2. The van der Waals surface area contributed by atoms with Gasteiger partial charge in [0.25, 0.3) is 21.1 Å². The summed E-state index contributed by atoms with van der Waals surface area (Å²) in [6.07, 6.45) is 0. The summed E-state index contributed by atoms with van der Waals surface area (Å²) in [5, 5.41) is 0. The molecule has 0 bridgehead atoms. The van der Waals surface area contributed by atoms with Crippen LogP contribution in [0.5, 0.6) is 0 Å². The van der Waals surface area contributed by atoms with E-state index in [9.17, 15) is 0 Å². The summed E-state index contributed by atoms with van der Waals surface area (Å²) >= 11 is -4.01. The third-order valence-electron chi connectivity index (χ3n) is 0. The molecule has 0 rings (SSSR count). The van der Waals surface area contributed by atoms with Gasteiger partial charge < -0.3 is 21.3 Å². The molecule has 0 aromatic carbocycles. The first-order valence-corrected chi connectivity index (χ1v) is 3.11. The molecule has 0 saturated heterocycles. The summed E-state index contributed by atoms with van der Waals surface area (Å²) in [5.41, 5.74) is 0. The fourth-order valence-corrected chi connectivity index (χ4v) is 0. The Labute approximate surface area is 61.8 Å². The fourth-order valence-electron chi connectivity index (χ4n) is 0. The molecule has 0 aliphatic rings. The molecular weight excluding hydrogens is 272 g/mol. The van der Waals surface area contributed by atoms with Gasteiger partial charge in [-0.05, 0) is 0 Å². The molecule has 0 atom stereocenters. The Balaban J connectivity index is -0.0000000150. The molecule has 0 spiro atoms. The molecule has 0 radical (unpaired) electrons. The van der Waals surface area contributed by atoms with E-state index in [0.717, 1.165) is 0 Å². The molecule has 0 unspecified atom stereocenters. The minimum Gasteiger partial charge on any atom is -0.427 e. The summed E-state index contributed by atoms with van der Waals surface area (Å²) in [7, 11) is 0. The smallest absolute Gasteiger partial charge is 0.427 e. The van der Waals surface area contributed by atoms with Crippen molar-refractivity contribution >= 4 is 0 Å². The van der Waals surface area contributed by atoms with Gasteiger partial charge in [-0.2, -0.15) is 0 Å². The molecule has 0 heterocycles. The molecule has 7 heavy (non-hydrogen) atoms. The van der Waals surface area contributed by atoms with Gasteiger partial charge in [-0.3, -0.25) is 0 Å². The van der Waals surface area contributed by atoms with Gasteiger partial charge in [-0.1, -0.05) is 0 Å². The Morgan fingerprint density at radius 3 is 0.857 bits per heavy atom. The summed E-state index contributed by atoms with van der Waals surface area (Å²) in [6, 6.07) is 0. The predicted octanol–water partition coefficient (Wildman–Crippen LogP) is -8.21. The van der Waals surface area contributed by atoms with Gasteiger partial charge in [0, 0.05) is 0 Å². The van der Waals surface area contributed by atoms with Gasteiger partial charge in [-0.25, -0.2) is 0 Å². The molecule has 4 N–H and O–H groups in total. The summed E-state index contributed by atoms with van der Waals surface area (Å²) in [6.45, 7) is 0. The first-order valence-electron chi connectivity index (χ1n) is 0.463. The van der Waals surface area contributed by atoms with Crippen molar-refractivity contribution in [1.82, 2.24) is 0 Å². The van der Waals surface area contributed by atoms with Crippen molar-refractivity contribution in [2.45, 2.75) is 0 Å². The third kappa shape index (κ3) is 143. The van der Waals surface area contributed by atoms with Crippen LogP contribution < -0.4 is 31.4 Å². The number of rotatable bonds is 0. The Morgan fingerprint density at radius 1 is 0.857 bits per heavy atom. The third-order valence-corrected chi connectivity index (χ3v) is 0. The molecular formula is H4IO5Zn+. The summed E-state index contributed by atoms with van der Waals surface area (Å²) < 4.78 is 25.7. The van der Waals surface area contributed by atoms with Gasteiger partial charge >= 0.3 is 19.5 Å². The molecule has 0 fully saturated rings. The molecule has 0 aliphatic carbocycles. The first kappa shape index (κ1) is 24.2. The minimum atomic E-state index is -4.01. The number of halogens is 1. The van der Waals surface area contributed by atoms with Crippen LogP contribution in [0, 0.1) is 0 Å². The van der Waals surface area contributed by atoms with Crippen molar-refractivity contribution in [3.63, 3.8) is 0 Å². The van der Waals surface area contributed by atoms with Crippen molar-refractivity contribution in [3.8, 4) is 0 Å². The van der Waals surface area contributed by atoms with Gasteiger partial charge in [0.1, 0.15) is 0 Å². The van der Waals surface area contributed by atoms with E-state index in [1.54, 1.807) is 0 Å². The van der Waals surface area contributed by atoms with E-state index < -0.39 is 21.1 Å². The number of hydrogen-bond acceptors (Lipinski definition) is 3. The zero-order valence-corrected chi connectivity index (χ0v) is 8.43. The average molecular weight is 276 g/mol. The molecule has 0 aliphatic heterocycles. The van der Waals surface area contributed by atoms with E-state index in [1.807, 2.05) is 0 Å². The second-order valence-corrected chi connectivity index (χ2v) is 1.27. The molecule has 42 valence electrons. The second kappa shape index (κ2) is 15.7. The van der Waals surface area contributed by atoms with Crippen LogP contribution in [-0.2, 0) is 19.5 Å². The van der Waals surface area contributed by atoms with E-state index in [-0.39, 0.29) is 30.4 Å². The summed E-state index contributed by atoms with van der Waals surface area (Å²) in [4.78, 5) is 0. The molecule has 0 aromatic heterocycles. The minimum absolute atomic E-state index is 0. The SMILES string of the molecule is O.O.[O-][I+2]([O-])[O-].[Zn+2]. The first-order chi connectivity index (χ1) is 1.73. The number of hydrogen-bond donors (Lipinski definition) is 0. The van der Waals surface area contributed by atoms with Crippen LogP contribution in [0.15, 0.2) is 0 Å². The van der Waals surface area contributed by atoms with E-state index in [2.05, 4.69) is 0 Å². The van der Waals surface area contributed by atoms with Crippen LogP contribution in [-0.4, -0.2) is 11.0 Å². The molecule has 0 amide bonds. The molecule has 5 nitrogen and oxygen atoms in total. The topological polar surface area (TPSA) is 132 Å². The molecule has 0 saturated carbocycles. The normalized spacial score (nSPS) is 5.14. The second-order valence-electron chi connectivity index (χ2n) is 0.189. The maximum absolute atomic E-state index is 8.57. The van der Waals surface area contributed by atoms with Gasteiger partial charge in [0.2, 0.25) is 0 Å². The van der Waals surface area contributed by atoms with E-state index in [0.29, 0.717) is 0 Å². The van der Waals surface area contributed by atoms with Crippen LogP contribution in [0.2, 0.25) is 0 Å².